The summed E-state index contributed by atoms with van der Waals surface area (Å²) in [5.41, 5.74) is 0.650. The van der Waals surface area contributed by atoms with Crippen molar-refractivity contribution in [2.75, 3.05) is 47.1 Å². The lowest BCUT2D eigenvalue weighted by Crippen LogP contribution is -2.45. The molecule has 1 aromatic carbocycles. The zero-order valence-electron chi connectivity index (χ0n) is 12.3. The Hall–Kier alpha value is -1.24. The molecule has 1 saturated heterocycles. The molecule has 0 radical (unpaired) electrons. The number of phenolic OH excluding ortho intramolecular Hbond substituents is 1. The molecule has 1 atom stereocenters. The first-order chi connectivity index (χ1) is 9.71. The minimum atomic E-state index is -0.530. The third kappa shape index (κ3) is 3.90. The predicted octanol–water partition coefficient (Wildman–Crippen LogP) is 1.75. The van der Waals surface area contributed by atoms with Gasteiger partial charge in [-0.1, -0.05) is 0 Å². The number of halogens is 2. The van der Waals surface area contributed by atoms with E-state index in [0.717, 1.165) is 26.2 Å². The number of phenols is 1. The fourth-order valence-corrected chi connectivity index (χ4v) is 2.60. The highest BCUT2D eigenvalue weighted by Gasteiger charge is 2.28. The molecular weight excluding hydrogens is 299 g/mol. The average Bonchev–Trinajstić information content (AvgIpc) is 2.49. The van der Waals surface area contributed by atoms with Crippen molar-refractivity contribution in [3.63, 3.8) is 0 Å². The molecule has 1 aliphatic heterocycles. The monoisotopic (exact) mass is 320 g/mol. The molecule has 0 unspecified atom stereocenters. The molecule has 1 aromatic rings. The van der Waals surface area contributed by atoms with Gasteiger partial charge >= 0.3 is 0 Å². The van der Waals surface area contributed by atoms with Gasteiger partial charge < -0.3 is 19.9 Å². The number of aromatic hydroxyl groups is 1. The van der Waals surface area contributed by atoms with Crippen molar-refractivity contribution >= 4 is 12.4 Å². The van der Waals surface area contributed by atoms with Crippen LogP contribution in [0.15, 0.2) is 12.1 Å². The number of rotatable bonds is 5. The van der Waals surface area contributed by atoms with E-state index in [-0.39, 0.29) is 18.2 Å². The van der Waals surface area contributed by atoms with E-state index < -0.39 is 12.7 Å². The van der Waals surface area contributed by atoms with Crippen molar-refractivity contribution in [3.05, 3.63) is 17.7 Å². The Balaban J connectivity index is 0.00000220. The first-order valence-corrected chi connectivity index (χ1v) is 6.66. The SMILES string of the molecule is COc1cc(O)cc(OC)c1[C@H](CF)N1CCNCC1.Cl. The Morgan fingerprint density at radius 3 is 2.19 bits per heavy atom. The van der Waals surface area contributed by atoms with Crippen LogP contribution in [-0.4, -0.2) is 57.1 Å². The van der Waals surface area contributed by atoms with Crippen LogP contribution in [0.25, 0.3) is 0 Å². The van der Waals surface area contributed by atoms with Crippen LogP contribution in [0.3, 0.4) is 0 Å². The summed E-state index contributed by atoms with van der Waals surface area (Å²) in [5.74, 6) is 0.937. The number of piperazine rings is 1. The van der Waals surface area contributed by atoms with Gasteiger partial charge in [0.25, 0.3) is 0 Å². The van der Waals surface area contributed by atoms with E-state index in [9.17, 15) is 9.50 Å². The van der Waals surface area contributed by atoms with Crippen molar-refractivity contribution in [1.82, 2.24) is 10.2 Å². The molecule has 0 saturated carbocycles. The Morgan fingerprint density at radius 1 is 1.24 bits per heavy atom. The van der Waals surface area contributed by atoms with Crippen LogP contribution >= 0.6 is 12.4 Å². The summed E-state index contributed by atoms with van der Waals surface area (Å²) in [4.78, 5) is 2.06. The maximum Gasteiger partial charge on any atom is 0.131 e. The second kappa shape index (κ2) is 8.26. The number of ether oxygens (including phenoxy) is 2. The molecule has 0 amide bonds. The van der Waals surface area contributed by atoms with Crippen LogP contribution in [0.1, 0.15) is 11.6 Å². The zero-order chi connectivity index (χ0) is 14.5. The van der Waals surface area contributed by atoms with Gasteiger partial charge in [0.05, 0.1) is 25.8 Å². The molecule has 2 rings (SSSR count). The largest absolute Gasteiger partial charge is 0.508 e. The Bertz CT molecular complexity index is 431. The number of alkyl halides is 1. The highest BCUT2D eigenvalue weighted by molar-refractivity contribution is 5.85. The topological polar surface area (TPSA) is 54.0 Å². The van der Waals surface area contributed by atoms with Crippen LogP contribution in [0.4, 0.5) is 4.39 Å². The molecular formula is C14H22ClFN2O3. The van der Waals surface area contributed by atoms with Crippen LogP contribution in [0.5, 0.6) is 17.2 Å². The molecule has 1 heterocycles. The fraction of sp³-hybridized carbons (Fsp3) is 0.571. The molecule has 0 bridgehead atoms. The molecule has 7 heteroatoms. The first kappa shape index (κ1) is 17.8. The lowest BCUT2D eigenvalue weighted by Gasteiger charge is -2.34. The molecule has 1 aliphatic rings. The molecule has 5 nitrogen and oxygen atoms in total. The number of methoxy groups -OCH3 is 2. The molecule has 2 N–H and O–H groups in total. The molecule has 0 aliphatic carbocycles. The van der Waals surface area contributed by atoms with Crippen LogP contribution in [0, 0.1) is 0 Å². The lowest BCUT2D eigenvalue weighted by atomic mass is 10.0. The summed E-state index contributed by atoms with van der Waals surface area (Å²) in [6, 6.07) is 2.55. The summed E-state index contributed by atoms with van der Waals surface area (Å²) in [7, 11) is 3.01. The van der Waals surface area contributed by atoms with Gasteiger partial charge in [-0.05, 0) is 0 Å². The normalized spacial score (nSPS) is 16.9. The summed E-state index contributed by atoms with van der Waals surface area (Å²) in [6.07, 6.45) is 0. The quantitative estimate of drug-likeness (QED) is 0.865. The van der Waals surface area contributed by atoms with Crippen molar-refractivity contribution in [2.24, 2.45) is 0 Å². The van der Waals surface area contributed by atoms with Crippen molar-refractivity contribution in [1.29, 1.82) is 0 Å². The van der Waals surface area contributed by atoms with Crippen LogP contribution in [0.2, 0.25) is 0 Å². The van der Waals surface area contributed by atoms with Crippen molar-refractivity contribution < 1.29 is 19.0 Å². The van der Waals surface area contributed by atoms with Crippen LogP contribution < -0.4 is 14.8 Å². The molecule has 120 valence electrons. The second-order valence-electron chi connectivity index (χ2n) is 4.72. The van der Waals surface area contributed by atoms with Gasteiger partial charge in [-0.15, -0.1) is 12.4 Å². The number of hydrogen-bond donors (Lipinski definition) is 2. The van der Waals surface area contributed by atoms with Gasteiger partial charge in [0, 0.05) is 38.3 Å². The highest BCUT2D eigenvalue weighted by Crippen LogP contribution is 2.40. The second-order valence-corrected chi connectivity index (χ2v) is 4.72. The fourth-order valence-electron chi connectivity index (χ4n) is 2.60. The maximum atomic E-state index is 13.6. The van der Waals surface area contributed by atoms with E-state index in [2.05, 4.69) is 10.2 Å². The molecule has 0 spiro atoms. The average molecular weight is 321 g/mol. The predicted molar refractivity (Wildman–Crippen MR) is 81.6 cm³/mol. The van der Waals surface area contributed by atoms with Gasteiger partial charge in [0.2, 0.25) is 0 Å². The lowest BCUT2D eigenvalue weighted by molar-refractivity contribution is 0.142. The maximum absolute atomic E-state index is 13.6. The van der Waals surface area contributed by atoms with Gasteiger partial charge in [-0.2, -0.15) is 0 Å². The Labute approximate surface area is 130 Å². The Morgan fingerprint density at radius 2 is 1.76 bits per heavy atom. The van der Waals surface area contributed by atoms with E-state index in [1.807, 2.05) is 0 Å². The highest BCUT2D eigenvalue weighted by atomic mass is 35.5. The minimum absolute atomic E-state index is 0. The summed E-state index contributed by atoms with van der Waals surface area (Å²) >= 11 is 0. The molecule has 1 fully saturated rings. The smallest absolute Gasteiger partial charge is 0.131 e. The van der Waals surface area contributed by atoms with E-state index in [1.165, 1.54) is 26.4 Å². The van der Waals surface area contributed by atoms with Crippen molar-refractivity contribution in [3.8, 4) is 17.2 Å². The van der Waals surface area contributed by atoms with Gasteiger partial charge in [-0.3, -0.25) is 4.90 Å². The van der Waals surface area contributed by atoms with Gasteiger partial charge in [0.1, 0.15) is 23.9 Å². The molecule has 0 aromatic heterocycles. The summed E-state index contributed by atoms with van der Waals surface area (Å²) < 4.78 is 24.2. The van der Waals surface area contributed by atoms with E-state index >= 15 is 0 Å². The first-order valence-electron chi connectivity index (χ1n) is 6.66. The third-order valence-electron chi connectivity index (χ3n) is 3.60. The van der Waals surface area contributed by atoms with Crippen LogP contribution in [-0.2, 0) is 0 Å². The Kier molecular flexibility index (Phi) is 7.01. The summed E-state index contributed by atoms with van der Waals surface area (Å²) in [5, 5.41) is 12.9. The zero-order valence-corrected chi connectivity index (χ0v) is 13.1. The van der Waals surface area contributed by atoms with E-state index in [1.54, 1.807) is 0 Å². The summed E-state index contributed by atoms with van der Waals surface area (Å²) in [6.45, 7) is 2.67. The number of benzene rings is 1. The minimum Gasteiger partial charge on any atom is -0.508 e. The third-order valence-corrected chi connectivity index (χ3v) is 3.60. The van der Waals surface area contributed by atoms with Gasteiger partial charge in [-0.25, -0.2) is 4.39 Å². The number of nitrogens with one attached hydrogen (secondary N) is 1. The van der Waals surface area contributed by atoms with Crippen molar-refractivity contribution in [2.45, 2.75) is 6.04 Å². The molecule has 21 heavy (non-hydrogen) atoms. The van der Waals surface area contributed by atoms with Gasteiger partial charge in [0.15, 0.2) is 0 Å². The standard InChI is InChI=1S/C14H21FN2O3.ClH/c1-19-12-7-10(18)8-13(20-2)14(12)11(9-15)17-5-3-16-4-6-17;/h7-8,11,16,18H,3-6,9H2,1-2H3;1H/t11-;/m0./s1. The van der Waals surface area contributed by atoms with E-state index in [0.29, 0.717) is 17.1 Å². The van der Waals surface area contributed by atoms with E-state index in [4.69, 9.17) is 9.47 Å². The number of nitrogens with zero attached hydrogens (tertiary/aromatic N) is 1. The number of hydrogen-bond acceptors (Lipinski definition) is 5.